The molecule has 0 fully saturated rings. The highest BCUT2D eigenvalue weighted by atomic mass is 32.2. The molecule has 0 spiro atoms. The van der Waals surface area contributed by atoms with E-state index >= 15 is 0 Å². The van der Waals surface area contributed by atoms with Gasteiger partial charge in [-0.25, -0.2) is 8.42 Å². The van der Waals surface area contributed by atoms with Crippen LogP contribution >= 0.6 is 0 Å². The van der Waals surface area contributed by atoms with Crippen molar-refractivity contribution in [1.29, 1.82) is 0 Å². The highest BCUT2D eigenvalue weighted by Gasteiger charge is 2.13. The van der Waals surface area contributed by atoms with Gasteiger partial charge in [-0.05, 0) is 45.4 Å². The van der Waals surface area contributed by atoms with Crippen molar-refractivity contribution in [3.8, 4) is 0 Å². The maximum absolute atomic E-state index is 11.8. The minimum atomic E-state index is -3.24. The van der Waals surface area contributed by atoms with Gasteiger partial charge in [-0.2, -0.15) is 5.11 Å². The second-order valence-corrected chi connectivity index (χ2v) is 8.79. The summed E-state index contributed by atoms with van der Waals surface area (Å²) in [5.41, 5.74) is 1.96. The molecule has 0 aliphatic heterocycles. The number of rotatable bonds is 12. The molecular weight excluding hydrogens is 374 g/mol. The Kier molecular flexibility index (Phi) is 9.89. The number of nitrogens with zero attached hydrogens (tertiary/aromatic N) is 3. The molecule has 0 saturated carbocycles. The second-order valence-electron chi connectivity index (χ2n) is 6.78. The van der Waals surface area contributed by atoms with Crippen LogP contribution in [0.2, 0.25) is 0 Å². The van der Waals surface area contributed by atoms with Crippen molar-refractivity contribution in [3.05, 3.63) is 48.6 Å². The van der Waals surface area contributed by atoms with Crippen molar-refractivity contribution in [2.24, 2.45) is 10.3 Å². The van der Waals surface area contributed by atoms with E-state index in [1.165, 1.54) is 11.8 Å². The highest BCUT2D eigenvalue weighted by molar-refractivity contribution is 7.90. The number of hydrogen-bond acceptors (Lipinski definition) is 6. The molecule has 1 rings (SSSR count). The fourth-order valence-electron chi connectivity index (χ4n) is 2.45. The summed E-state index contributed by atoms with van der Waals surface area (Å²) in [6, 6.07) is 6.96. The van der Waals surface area contributed by atoms with Crippen LogP contribution in [0.3, 0.4) is 0 Å². The Bertz CT molecular complexity index is 790. The molecule has 0 saturated heterocycles. The van der Waals surface area contributed by atoms with Crippen LogP contribution in [0.25, 0.3) is 0 Å². The van der Waals surface area contributed by atoms with Crippen molar-refractivity contribution in [2.75, 3.05) is 31.7 Å². The van der Waals surface area contributed by atoms with E-state index in [1.807, 2.05) is 27.0 Å². The largest absolute Gasteiger partial charge is 0.378 e. The fourth-order valence-corrected chi connectivity index (χ4v) is 3.12. The molecule has 0 aliphatic carbocycles. The van der Waals surface area contributed by atoms with Gasteiger partial charge in [0.2, 0.25) is 0 Å². The number of nitrogens with one attached hydrogen (secondary N) is 2. The van der Waals surface area contributed by atoms with E-state index in [2.05, 4.69) is 40.5 Å². The smallest absolute Gasteiger partial charge is 0.175 e. The quantitative estimate of drug-likeness (QED) is 0.314. The van der Waals surface area contributed by atoms with E-state index < -0.39 is 9.84 Å². The number of sulfone groups is 1. The van der Waals surface area contributed by atoms with Crippen LogP contribution in [0.5, 0.6) is 0 Å². The number of allylic oxidation sites excluding steroid dienone is 1. The maximum Gasteiger partial charge on any atom is 0.175 e. The van der Waals surface area contributed by atoms with Crippen LogP contribution in [0.4, 0.5) is 5.69 Å². The Balaban J connectivity index is 2.75. The summed E-state index contributed by atoms with van der Waals surface area (Å²) < 4.78 is 23.6. The third-order valence-electron chi connectivity index (χ3n) is 4.28. The predicted molar refractivity (Wildman–Crippen MR) is 116 cm³/mol. The van der Waals surface area contributed by atoms with Gasteiger partial charge in [0.1, 0.15) is 6.17 Å². The third kappa shape index (κ3) is 8.67. The van der Waals surface area contributed by atoms with Crippen LogP contribution < -0.4 is 10.6 Å². The van der Waals surface area contributed by atoms with Crippen molar-refractivity contribution in [3.63, 3.8) is 0 Å². The fraction of sp³-hybridized carbons (Fsp3) is 0.500. The normalized spacial score (nSPS) is 14.7. The minimum Gasteiger partial charge on any atom is -0.378 e. The Morgan fingerprint density at radius 3 is 2.71 bits per heavy atom. The number of hydrogen-bond donors (Lipinski definition) is 2. The molecular formula is C20H33N5O2S. The first kappa shape index (κ1) is 23.8. The summed E-state index contributed by atoms with van der Waals surface area (Å²) in [5, 5.41) is 16.8. The zero-order chi connectivity index (χ0) is 21.2. The Morgan fingerprint density at radius 2 is 2.11 bits per heavy atom. The van der Waals surface area contributed by atoms with E-state index in [-0.39, 0.29) is 12.2 Å². The lowest BCUT2D eigenvalue weighted by molar-refractivity contribution is 0.307. The molecule has 28 heavy (non-hydrogen) atoms. The van der Waals surface area contributed by atoms with Gasteiger partial charge in [0, 0.05) is 38.1 Å². The summed E-state index contributed by atoms with van der Waals surface area (Å²) in [6.45, 7) is 11.0. The number of benzene rings is 1. The van der Waals surface area contributed by atoms with E-state index in [9.17, 15) is 8.42 Å². The molecule has 0 radical (unpaired) electrons. The van der Waals surface area contributed by atoms with Crippen molar-refractivity contribution >= 4 is 15.5 Å². The highest BCUT2D eigenvalue weighted by Crippen LogP contribution is 2.19. The zero-order valence-electron chi connectivity index (χ0n) is 17.5. The molecule has 2 unspecified atom stereocenters. The van der Waals surface area contributed by atoms with Gasteiger partial charge < -0.3 is 5.32 Å². The zero-order valence-corrected chi connectivity index (χ0v) is 18.3. The lowest BCUT2D eigenvalue weighted by atomic mass is 10.0. The third-order valence-corrected chi connectivity index (χ3v) is 5.39. The van der Waals surface area contributed by atoms with Crippen LogP contribution in [0, 0.1) is 0 Å². The van der Waals surface area contributed by atoms with Gasteiger partial charge >= 0.3 is 0 Å². The van der Waals surface area contributed by atoms with E-state index in [1.54, 1.807) is 29.3 Å². The topological polar surface area (TPSA) is 86.2 Å². The van der Waals surface area contributed by atoms with E-state index in [0.29, 0.717) is 18.0 Å². The van der Waals surface area contributed by atoms with Crippen molar-refractivity contribution < 1.29 is 8.42 Å². The van der Waals surface area contributed by atoms with Crippen LogP contribution in [-0.2, 0) is 9.84 Å². The molecule has 0 bridgehead atoms. The van der Waals surface area contributed by atoms with Gasteiger partial charge in [0.25, 0.3) is 0 Å². The molecule has 8 heteroatoms. The monoisotopic (exact) mass is 407 g/mol. The Hall–Kier alpha value is -2.19. The summed E-state index contributed by atoms with van der Waals surface area (Å²) in [6.07, 6.45) is 5.77. The predicted octanol–water partition coefficient (Wildman–Crippen LogP) is 3.65. The van der Waals surface area contributed by atoms with Gasteiger partial charge in [-0.15, -0.1) is 6.58 Å². The summed E-state index contributed by atoms with van der Waals surface area (Å²) in [4.78, 5) is 0.307. The first-order chi connectivity index (χ1) is 13.2. The van der Waals surface area contributed by atoms with E-state index in [0.717, 1.165) is 12.1 Å². The average Bonchev–Trinajstić information content (AvgIpc) is 2.66. The maximum atomic E-state index is 11.8. The van der Waals surface area contributed by atoms with Crippen LogP contribution in [-0.4, -0.2) is 52.0 Å². The molecule has 1 aromatic carbocycles. The average molecular weight is 408 g/mol. The Labute approximate surface area is 169 Å². The summed E-state index contributed by atoms with van der Waals surface area (Å²) >= 11 is 0. The minimum absolute atomic E-state index is 0.0637. The number of anilines is 1. The van der Waals surface area contributed by atoms with Gasteiger partial charge in [-0.3, -0.25) is 10.3 Å². The van der Waals surface area contributed by atoms with Gasteiger partial charge in [-0.1, -0.05) is 29.0 Å². The molecule has 0 heterocycles. The molecule has 0 amide bonds. The Morgan fingerprint density at radius 1 is 1.39 bits per heavy atom. The van der Waals surface area contributed by atoms with Gasteiger partial charge in [0.15, 0.2) is 9.84 Å². The first-order valence-corrected chi connectivity index (χ1v) is 11.2. The summed E-state index contributed by atoms with van der Waals surface area (Å²) in [5.74, 6) is 0. The van der Waals surface area contributed by atoms with Crippen molar-refractivity contribution in [1.82, 2.24) is 10.3 Å². The van der Waals surface area contributed by atoms with E-state index in [4.69, 9.17) is 0 Å². The standard InChI is InChI=1S/C20H33N5O2S/c1-7-13-21-17(4)23-24-25(5)14-12-20(16(3)8-2)22-18-10-9-11-19(15-18)28(6,26)27/h7-11,15,17,20-22H,1,12-14H2,2-6H3/b16-8+,24-23?. The van der Waals surface area contributed by atoms with Crippen LogP contribution in [0.1, 0.15) is 27.2 Å². The summed E-state index contributed by atoms with van der Waals surface area (Å²) in [7, 11) is -1.35. The van der Waals surface area contributed by atoms with Crippen LogP contribution in [0.15, 0.2) is 63.8 Å². The molecule has 0 aromatic heterocycles. The molecule has 1 aromatic rings. The molecule has 2 atom stereocenters. The first-order valence-electron chi connectivity index (χ1n) is 9.33. The van der Waals surface area contributed by atoms with Gasteiger partial charge in [0.05, 0.1) is 4.90 Å². The SMILES string of the molecule is C=CCNC(C)N=NN(C)CCC(Nc1cccc(S(C)(=O)=O)c1)/C(C)=C/C. The lowest BCUT2D eigenvalue weighted by Gasteiger charge is -2.23. The molecule has 2 N–H and O–H groups in total. The second kappa shape index (κ2) is 11.6. The lowest BCUT2D eigenvalue weighted by Crippen LogP contribution is -2.27. The molecule has 7 nitrogen and oxygen atoms in total. The molecule has 156 valence electrons. The van der Waals surface area contributed by atoms with Crippen molar-refractivity contribution in [2.45, 2.75) is 44.3 Å². The molecule has 0 aliphatic rings.